The van der Waals surface area contributed by atoms with Crippen LogP contribution in [0.1, 0.15) is 23.8 Å². The molecule has 0 spiro atoms. The number of H-pyrrole nitrogens is 1. The highest BCUT2D eigenvalue weighted by Crippen LogP contribution is 2.41. The zero-order chi connectivity index (χ0) is 25.7. The lowest BCUT2D eigenvalue weighted by molar-refractivity contribution is 0.0395. The second-order valence-electron chi connectivity index (χ2n) is 10.5. The van der Waals surface area contributed by atoms with E-state index >= 15 is 0 Å². The predicted octanol–water partition coefficient (Wildman–Crippen LogP) is 4.06. The Balaban J connectivity index is 1.36. The molecule has 0 radical (unpaired) electrons. The highest BCUT2D eigenvalue weighted by Gasteiger charge is 2.31. The highest BCUT2D eigenvalue weighted by atomic mass is 16.5. The first-order valence-electron chi connectivity index (χ1n) is 12.9. The molecule has 2 aliphatic rings. The number of aromatic nitrogens is 3. The Morgan fingerprint density at radius 1 is 1.14 bits per heavy atom. The molecule has 0 aliphatic carbocycles. The fourth-order valence-corrected chi connectivity index (χ4v) is 5.61. The first-order chi connectivity index (χ1) is 17.9. The summed E-state index contributed by atoms with van der Waals surface area (Å²) in [5, 5.41) is 10.3. The van der Waals surface area contributed by atoms with Crippen LogP contribution in [0.2, 0.25) is 0 Å². The number of nitrogens with one attached hydrogen (secondary N) is 1. The van der Waals surface area contributed by atoms with E-state index in [-0.39, 0.29) is 0 Å². The maximum absolute atomic E-state index is 10.3. The van der Waals surface area contributed by atoms with E-state index in [1.807, 2.05) is 50.8 Å². The minimum Gasteiger partial charge on any atom is -0.491 e. The van der Waals surface area contributed by atoms with E-state index in [9.17, 15) is 5.11 Å². The van der Waals surface area contributed by atoms with E-state index in [4.69, 9.17) is 9.72 Å². The Kier molecular flexibility index (Phi) is 6.10. The Hall–Kier alpha value is -3.46. The number of nitrogens with zero attached hydrogens (tertiary/aromatic N) is 5. The summed E-state index contributed by atoms with van der Waals surface area (Å²) in [5.74, 6) is 0.938. The van der Waals surface area contributed by atoms with Crippen LogP contribution in [-0.4, -0.2) is 83.3 Å². The third kappa shape index (κ3) is 4.35. The van der Waals surface area contributed by atoms with Crippen LogP contribution in [0.15, 0.2) is 48.8 Å². The lowest BCUT2D eigenvalue weighted by Crippen LogP contribution is -2.52. The summed E-state index contributed by atoms with van der Waals surface area (Å²) in [5.41, 5.74) is 8.68. The molecule has 6 rings (SSSR count). The van der Waals surface area contributed by atoms with Crippen LogP contribution in [0.3, 0.4) is 0 Å². The molecule has 37 heavy (non-hydrogen) atoms. The smallest absolute Gasteiger partial charge is 0.156 e. The molecular formula is C29H34N6O2. The monoisotopic (exact) mass is 498 g/mol. The number of benzene rings is 2. The number of fused-ring (bicyclic) bond motifs is 4. The second-order valence-corrected chi connectivity index (χ2v) is 10.5. The van der Waals surface area contributed by atoms with Gasteiger partial charge in [-0.3, -0.25) is 4.90 Å². The van der Waals surface area contributed by atoms with E-state index in [2.05, 4.69) is 45.9 Å². The summed E-state index contributed by atoms with van der Waals surface area (Å²) in [4.78, 5) is 19.7. The SMILES string of the molecule is Cc1cc(-c2cnc3[nH]cc(-c4ccc(C(O)N(C)C)cc4)c3n2)cc2c1N1CCN(C)C[C@@H]1CCO2. The van der Waals surface area contributed by atoms with E-state index in [1.54, 1.807) is 4.90 Å². The number of piperazine rings is 1. The first-order valence-corrected chi connectivity index (χ1v) is 12.9. The molecule has 1 fully saturated rings. The maximum Gasteiger partial charge on any atom is 0.156 e. The van der Waals surface area contributed by atoms with Gasteiger partial charge in [-0.2, -0.15) is 0 Å². The zero-order valence-corrected chi connectivity index (χ0v) is 21.9. The van der Waals surface area contributed by atoms with Crippen molar-refractivity contribution in [2.45, 2.75) is 25.6 Å². The fraction of sp³-hybridized carbons (Fsp3) is 0.379. The van der Waals surface area contributed by atoms with Crippen LogP contribution in [0.25, 0.3) is 33.5 Å². The summed E-state index contributed by atoms with van der Waals surface area (Å²) in [6.07, 6.45) is 4.17. The topological polar surface area (TPSA) is 80.7 Å². The molecule has 2 atom stereocenters. The summed E-state index contributed by atoms with van der Waals surface area (Å²) in [6.45, 7) is 6.03. The molecule has 2 aromatic carbocycles. The minimum absolute atomic E-state index is 0.480. The summed E-state index contributed by atoms with van der Waals surface area (Å²) >= 11 is 0. The van der Waals surface area contributed by atoms with Gasteiger partial charge >= 0.3 is 0 Å². The van der Waals surface area contributed by atoms with Crippen molar-refractivity contribution in [3.63, 3.8) is 0 Å². The number of ether oxygens (including phenoxy) is 1. The molecule has 0 amide bonds. The van der Waals surface area contributed by atoms with Gasteiger partial charge in [0.05, 0.1) is 24.2 Å². The van der Waals surface area contributed by atoms with Gasteiger partial charge < -0.3 is 24.6 Å². The first kappa shape index (κ1) is 23.9. The number of hydrogen-bond acceptors (Lipinski definition) is 7. The van der Waals surface area contributed by atoms with Crippen molar-refractivity contribution in [2.24, 2.45) is 0 Å². The highest BCUT2D eigenvalue weighted by molar-refractivity contribution is 5.91. The van der Waals surface area contributed by atoms with E-state index < -0.39 is 6.23 Å². The van der Waals surface area contributed by atoms with Crippen LogP contribution < -0.4 is 9.64 Å². The van der Waals surface area contributed by atoms with Gasteiger partial charge in [0.25, 0.3) is 0 Å². The van der Waals surface area contributed by atoms with Crippen molar-refractivity contribution in [3.05, 3.63) is 59.9 Å². The molecule has 1 unspecified atom stereocenters. The number of aliphatic hydroxyl groups is 1. The Labute approximate surface area is 217 Å². The van der Waals surface area contributed by atoms with Crippen LogP contribution in [0.5, 0.6) is 5.75 Å². The Bertz CT molecular complexity index is 1430. The molecule has 2 aliphatic heterocycles. The third-order valence-corrected chi connectivity index (χ3v) is 7.63. The van der Waals surface area contributed by atoms with Crippen LogP contribution in [-0.2, 0) is 0 Å². The average Bonchev–Trinajstić information content (AvgIpc) is 3.23. The zero-order valence-electron chi connectivity index (χ0n) is 21.9. The van der Waals surface area contributed by atoms with Crippen molar-refractivity contribution in [1.82, 2.24) is 24.8 Å². The molecule has 8 heteroatoms. The van der Waals surface area contributed by atoms with Crippen molar-refractivity contribution in [1.29, 1.82) is 0 Å². The molecule has 2 N–H and O–H groups in total. The van der Waals surface area contributed by atoms with Crippen LogP contribution in [0.4, 0.5) is 5.69 Å². The van der Waals surface area contributed by atoms with Crippen molar-refractivity contribution in [3.8, 4) is 28.1 Å². The van der Waals surface area contributed by atoms with Gasteiger partial charge in [-0.15, -0.1) is 0 Å². The normalized spacial score (nSPS) is 18.9. The summed E-state index contributed by atoms with van der Waals surface area (Å²) in [7, 11) is 5.91. The van der Waals surface area contributed by atoms with E-state index in [1.165, 1.54) is 11.3 Å². The van der Waals surface area contributed by atoms with Gasteiger partial charge in [-0.25, -0.2) is 9.97 Å². The average molecular weight is 499 g/mol. The number of anilines is 1. The molecule has 2 aromatic heterocycles. The van der Waals surface area contributed by atoms with Crippen LogP contribution in [0, 0.1) is 6.92 Å². The minimum atomic E-state index is -0.636. The van der Waals surface area contributed by atoms with Gasteiger partial charge in [0.2, 0.25) is 0 Å². The Morgan fingerprint density at radius 2 is 1.95 bits per heavy atom. The largest absolute Gasteiger partial charge is 0.491 e. The molecule has 192 valence electrons. The summed E-state index contributed by atoms with van der Waals surface area (Å²) < 4.78 is 6.29. The second kappa shape index (κ2) is 9.45. The number of likely N-dealkylation sites (N-methyl/N-ethyl adjacent to an activating group) is 1. The standard InChI is InChI=1S/C29H34N6O2/c1-18-13-21(14-25-27(18)35-11-10-34(4)17-22(35)9-12-37-25)24-16-31-28-26(32-24)23(15-30-28)19-5-7-20(8-6-19)29(36)33(2)3/h5-8,13-16,22,29,36H,9-12,17H2,1-4H3,(H,30,31)/t22-,29?/m0/s1. The number of aryl methyl sites for hydroxylation is 1. The summed E-state index contributed by atoms with van der Waals surface area (Å²) in [6, 6.07) is 12.8. The molecule has 0 bridgehead atoms. The van der Waals surface area contributed by atoms with Gasteiger partial charge in [0.15, 0.2) is 5.65 Å². The molecule has 8 nitrogen and oxygen atoms in total. The van der Waals surface area contributed by atoms with Gasteiger partial charge in [-0.1, -0.05) is 24.3 Å². The molecule has 4 heterocycles. The lowest BCUT2D eigenvalue weighted by Gasteiger charge is -2.41. The van der Waals surface area contributed by atoms with E-state index in [0.717, 1.165) is 77.5 Å². The number of hydrogen-bond donors (Lipinski definition) is 2. The number of aliphatic hydroxyl groups excluding tert-OH is 1. The van der Waals surface area contributed by atoms with Gasteiger partial charge in [0, 0.05) is 49.4 Å². The predicted molar refractivity (Wildman–Crippen MR) is 147 cm³/mol. The maximum atomic E-state index is 10.3. The lowest BCUT2D eigenvalue weighted by atomic mass is 10.0. The fourth-order valence-electron chi connectivity index (χ4n) is 5.61. The van der Waals surface area contributed by atoms with Gasteiger partial charge in [-0.05, 0) is 56.9 Å². The van der Waals surface area contributed by atoms with Crippen molar-refractivity contribution in [2.75, 3.05) is 52.3 Å². The molecule has 1 saturated heterocycles. The quantitative estimate of drug-likeness (QED) is 0.411. The number of rotatable bonds is 4. The molecule has 0 saturated carbocycles. The van der Waals surface area contributed by atoms with Crippen LogP contribution >= 0.6 is 0 Å². The van der Waals surface area contributed by atoms with Gasteiger partial charge in [0.1, 0.15) is 17.5 Å². The third-order valence-electron chi connectivity index (χ3n) is 7.63. The molecular weight excluding hydrogens is 464 g/mol. The number of aromatic amines is 1. The Morgan fingerprint density at radius 3 is 2.73 bits per heavy atom. The molecule has 4 aromatic rings. The van der Waals surface area contributed by atoms with Crippen molar-refractivity contribution < 1.29 is 9.84 Å². The van der Waals surface area contributed by atoms with Crippen molar-refractivity contribution >= 4 is 16.9 Å². The van der Waals surface area contributed by atoms with E-state index in [0.29, 0.717) is 6.04 Å².